The van der Waals surface area contributed by atoms with Crippen LogP contribution in [0.25, 0.3) is 88.7 Å². The second-order valence-corrected chi connectivity index (χ2v) is 12.5. The van der Waals surface area contributed by atoms with Crippen molar-refractivity contribution in [2.45, 2.75) is 6.92 Å². The smallest absolute Gasteiger partial charge is 0.147 e. The first-order valence-electron chi connectivity index (χ1n) is 16.3. The van der Waals surface area contributed by atoms with Crippen molar-refractivity contribution in [1.82, 2.24) is 24.1 Å². The normalized spacial score (nSPS) is 11.9. The summed E-state index contributed by atoms with van der Waals surface area (Å²) in [7, 11) is 0. The number of para-hydroxylation sites is 4. The van der Waals surface area contributed by atoms with E-state index in [-0.39, 0.29) is 0 Å². The molecule has 5 heteroatoms. The van der Waals surface area contributed by atoms with Gasteiger partial charge in [-0.2, -0.15) is 0 Å². The number of H-pyrrole nitrogens is 1. The summed E-state index contributed by atoms with van der Waals surface area (Å²) in [6.07, 6.45) is 1.85. The van der Waals surface area contributed by atoms with Crippen molar-refractivity contribution in [2.75, 3.05) is 0 Å². The number of hydrogen-bond donors (Lipinski definition) is 1. The zero-order valence-electron chi connectivity index (χ0n) is 26.2. The number of aryl methyl sites for hydroxylation is 1. The molecule has 0 fully saturated rings. The molecule has 0 bridgehead atoms. The average molecular weight is 616 g/mol. The second-order valence-electron chi connectivity index (χ2n) is 12.5. The van der Waals surface area contributed by atoms with E-state index in [1.807, 2.05) is 18.3 Å². The molecule has 10 rings (SSSR count). The van der Waals surface area contributed by atoms with Crippen molar-refractivity contribution in [3.63, 3.8) is 0 Å². The van der Waals surface area contributed by atoms with Gasteiger partial charge in [-0.3, -0.25) is 9.13 Å². The van der Waals surface area contributed by atoms with Crippen LogP contribution in [0.2, 0.25) is 0 Å². The topological polar surface area (TPSA) is 51.4 Å². The molecule has 5 nitrogen and oxygen atoms in total. The van der Waals surface area contributed by atoms with Gasteiger partial charge < -0.3 is 4.98 Å². The summed E-state index contributed by atoms with van der Waals surface area (Å²) in [5.74, 6) is 1.80. The minimum Gasteiger partial charge on any atom is -0.354 e. The maximum Gasteiger partial charge on any atom is 0.147 e. The van der Waals surface area contributed by atoms with E-state index < -0.39 is 0 Å². The lowest BCUT2D eigenvalue weighted by Crippen LogP contribution is -1.97. The van der Waals surface area contributed by atoms with Crippen molar-refractivity contribution in [1.29, 1.82) is 0 Å². The Kier molecular flexibility index (Phi) is 5.72. The highest BCUT2D eigenvalue weighted by Gasteiger charge is 2.21. The Balaban J connectivity index is 1.26. The van der Waals surface area contributed by atoms with Gasteiger partial charge in [0.1, 0.15) is 11.6 Å². The fourth-order valence-corrected chi connectivity index (χ4v) is 7.45. The molecule has 10 aromatic rings. The molecule has 0 atom stereocenters. The maximum atomic E-state index is 5.50. The zero-order valence-corrected chi connectivity index (χ0v) is 26.2. The third kappa shape index (κ3) is 3.91. The molecule has 0 amide bonds. The number of pyridine rings is 1. The van der Waals surface area contributed by atoms with Crippen LogP contribution >= 0.6 is 0 Å². The maximum absolute atomic E-state index is 5.50. The number of benzene rings is 6. The number of rotatable bonds is 4. The van der Waals surface area contributed by atoms with Crippen LogP contribution in [0.5, 0.6) is 0 Å². The molecule has 6 aromatic carbocycles. The van der Waals surface area contributed by atoms with Gasteiger partial charge in [-0.25, -0.2) is 9.97 Å². The molecule has 0 aliphatic rings. The highest BCUT2D eigenvalue weighted by Crippen LogP contribution is 2.40. The Bertz CT molecular complexity index is 2840. The van der Waals surface area contributed by atoms with E-state index in [0.717, 1.165) is 67.1 Å². The molecule has 0 aliphatic carbocycles. The van der Waals surface area contributed by atoms with Gasteiger partial charge in [0.15, 0.2) is 0 Å². The largest absolute Gasteiger partial charge is 0.354 e. The Hall–Kier alpha value is -6.46. The molecule has 0 radical (unpaired) electrons. The molecular weight excluding hydrogens is 587 g/mol. The molecule has 226 valence electrons. The Labute approximate surface area is 276 Å². The number of aromatic amines is 1. The average Bonchev–Trinajstić information content (AvgIpc) is 3.81. The summed E-state index contributed by atoms with van der Waals surface area (Å²) in [5, 5.41) is 4.82. The Morgan fingerprint density at radius 3 is 2.19 bits per heavy atom. The number of hydrogen-bond acceptors (Lipinski definition) is 2. The quantitative estimate of drug-likeness (QED) is 0.214. The van der Waals surface area contributed by atoms with Crippen LogP contribution in [0, 0.1) is 6.92 Å². The van der Waals surface area contributed by atoms with Crippen LogP contribution in [0.15, 0.2) is 152 Å². The summed E-state index contributed by atoms with van der Waals surface area (Å²) >= 11 is 0. The van der Waals surface area contributed by atoms with Gasteiger partial charge in [0, 0.05) is 50.1 Å². The third-order valence-corrected chi connectivity index (χ3v) is 9.59. The zero-order chi connectivity index (χ0) is 31.8. The number of nitrogens with zero attached hydrogens (tertiary/aromatic N) is 4. The van der Waals surface area contributed by atoms with Crippen molar-refractivity contribution < 1.29 is 0 Å². The van der Waals surface area contributed by atoms with Crippen LogP contribution in [-0.2, 0) is 0 Å². The van der Waals surface area contributed by atoms with Gasteiger partial charge in [0.2, 0.25) is 0 Å². The van der Waals surface area contributed by atoms with E-state index in [0.29, 0.717) is 0 Å². The van der Waals surface area contributed by atoms with Gasteiger partial charge >= 0.3 is 0 Å². The lowest BCUT2D eigenvalue weighted by atomic mass is 10.0. The summed E-state index contributed by atoms with van der Waals surface area (Å²) < 4.78 is 4.56. The van der Waals surface area contributed by atoms with Gasteiger partial charge in [-0.1, -0.05) is 91.0 Å². The highest BCUT2D eigenvalue weighted by atomic mass is 15.1. The molecule has 0 spiro atoms. The van der Waals surface area contributed by atoms with E-state index in [4.69, 9.17) is 9.97 Å². The van der Waals surface area contributed by atoms with Crippen molar-refractivity contribution in [2.24, 2.45) is 0 Å². The van der Waals surface area contributed by atoms with Crippen LogP contribution in [-0.4, -0.2) is 24.1 Å². The first kappa shape index (κ1) is 26.7. The SMILES string of the molecule is Cc1ccc2c(c1)[nH]c1c(-c3nc4c(-c5ccc6c7ccccc7n(-c7ccccn7)c6c5)cccc4n3-c3ccccc3)cccc12. The summed E-state index contributed by atoms with van der Waals surface area (Å²) in [6, 6.07) is 51.6. The molecule has 0 saturated heterocycles. The first-order chi connectivity index (χ1) is 23.7. The van der Waals surface area contributed by atoms with Crippen molar-refractivity contribution >= 4 is 54.6 Å². The minimum atomic E-state index is 0.899. The Morgan fingerprint density at radius 2 is 1.29 bits per heavy atom. The van der Waals surface area contributed by atoms with E-state index in [1.165, 1.54) is 27.1 Å². The monoisotopic (exact) mass is 615 g/mol. The van der Waals surface area contributed by atoms with E-state index in [2.05, 4.69) is 155 Å². The van der Waals surface area contributed by atoms with Gasteiger partial charge in [0.25, 0.3) is 0 Å². The second kappa shape index (κ2) is 10.3. The third-order valence-electron chi connectivity index (χ3n) is 9.59. The number of imidazole rings is 1. The molecule has 48 heavy (non-hydrogen) atoms. The van der Waals surface area contributed by atoms with Crippen molar-refractivity contribution in [3.05, 3.63) is 157 Å². The van der Waals surface area contributed by atoms with Gasteiger partial charge in [-0.15, -0.1) is 0 Å². The first-order valence-corrected chi connectivity index (χ1v) is 16.3. The molecule has 4 heterocycles. The van der Waals surface area contributed by atoms with Gasteiger partial charge in [-0.05, 0) is 72.6 Å². The fourth-order valence-electron chi connectivity index (χ4n) is 7.45. The van der Waals surface area contributed by atoms with Crippen molar-refractivity contribution in [3.8, 4) is 34.0 Å². The molecule has 1 N–H and O–H groups in total. The predicted octanol–water partition coefficient (Wildman–Crippen LogP) is 10.8. The molecule has 0 aliphatic heterocycles. The van der Waals surface area contributed by atoms with E-state index in [1.54, 1.807) is 0 Å². The Morgan fingerprint density at radius 1 is 0.542 bits per heavy atom. The minimum absolute atomic E-state index is 0.899. The van der Waals surface area contributed by atoms with E-state index >= 15 is 0 Å². The van der Waals surface area contributed by atoms with Crippen LogP contribution in [0.4, 0.5) is 0 Å². The number of fused-ring (bicyclic) bond motifs is 7. The number of nitrogens with one attached hydrogen (secondary N) is 1. The summed E-state index contributed by atoms with van der Waals surface area (Å²) in [6.45, 7) is 2.13. The standard InChI is InChI=1S/C43H29N5/c1-27-20-22-31-34-15-9-16-35(41(34)45-36(31)25-27)43-46-42-30(14-10-18-38(42)47(43)29-11-3-2-4-12-29)28-21-23-33-32-13-5-6-17-37(32)48(39(33)26-28)40-19-7-8-24-44-40/h2-26,45H,1H3. The van der Waals surface area contributed by atoms with Crippen LogP contribution in [0.3, 0.4) is 0 Å². The van der Waals surface area contributed by atoms with Gasteiger partial charge in [0.05, 0.1) is 27.6 Å². The molecular formula is C43H29N5. The molecule has 4 aromatic heterocycles. The van der Waals surface area contributed by atoms with Crippen LogP contribution < -0.4 is 0 Å². The predicted molar refractivity (Wildman–Crippen MR) is 198 cm³/mol. The highest BCUT2D eigenvalue weighted by molar-refractivity contribution is 6.13. The lowest BCUT2D eigenvalue weighted by molar-refractivity contribution is 1.08. The molecule has 0 saturated carbocycles. The van der Waals surface area contributed by atoms with E-state index in [9.17, 15) is 0 Å². The lowest BCUT2D eigenvalue weighted by Gasteiger charge is -2.11. The number of aromatic nitrogens is 5. The fraction of sp³-hybridized carbons (Fsp3) is 0.0233. The summed E-state index contributed by atoms with van der Waals surface area (Å²) in [5.41, 5.74) is 12.1. The van der Waals surface area contributed by atoms with Crippen LogP contribution in [0.1, 0.15) is 5.56 Å². The molecule has 0 unspecified atom stereocenters. The summed E-state index contributed by atoms with van der Waals surface area (Å²) in [4.78, 5) is 14.0.